The highest BCUT2D eigenvalue weighted by Crippen LogP contribution is 2.43. The highest BCUT2D eigenvalue weighted by Gasteiger charge is 2.36. The zero-order valence-electron chi connectivity index (χ0n) is 11.6. The van der Waals surface area contributed by atoms with Gasteiger partial charge in [-0.1, -0.05) is 18.5 Å². The third-order valence-electron chi connectivity index (χ3n) is 3.61. The molecule has 0 spiro atoms. The fourth-order valence-corrected chi connectivity index (χ4v) is 2.01. The lowest BCUT2D eigenvalue weighted by Crippen LogP contribution is -2.34. The predicted octanol–water partition coefficient (Wildman–Crippen LogP) is 2.78. The van der Waals surface area contributed by atoms with Crippen LogP contribution in [-0.2, 0) is 0 Å². The van der Waals surface area contributed by atoms with E-state index in [0.717, 1.165) is 22.9 Å². The van der Waals surface area contributed by atoms with Crippen LogP contribution in [0.25, 0.3) is 0 Å². The number of aliphatic hydroxyl groups is 1. The molecule has 1 unspecified atom stereocenters. The van der Waals surface area contributed by atoms with Crippen LogP contribution in [-0.4, -0.2) is 30.9 Å². The second kappa shape index (κ2) is 6.12. The summed E-state index contributed by atoms with van der Waals surface area (Å²) in [5.74, 6) is 0.745. The number of hydrogen-bond donors (Lipinski definition) is 2. The van der Waals surface area contributed by atoms with Gasteiger partial charge in [0.2, 0.25) is 0 Å². The van der Waals surface area contributed by atoms with Crippen molar-refractivity contribution in [1.82, 2.24) is 5.32 Å². The van der Waals surface area contributed by atoms with Crippen molar-refractivity contribution in [3.05, 3.63) is 28.8 Å². The molecule has 1 saturated carbocycles. The summed E-state index contributed by atoms with van der Waals surface area (Å²) in [5, 5.41) is 13.9. The zero-order chi connectivity index (χ0) is 13.9. The molecular formula is C15H22ClNO2. The monoisotopic (exact) mass is 283 g/mol. The average Bonchev–Trinajstić information content (AvgIpc) is 3.09. The van der Waals surface area contributed by atoms with Crippen molar-refractivity contribution in [2.75, 3.05) is 19.7 Å². The average molecular weight is 284 g/mol. The molecule has 1 aromatic carbocycles. The summed E-state index contributed by atoms with van der Waals surface area (Å²) in [6.07, 6.45) is 2.09. The number of benzene rings is 1. The Hall–Kier alpha value is -0.770. The fourth-order valence-electron chi connectivity index (χ4n) is 1.89. The highest BCUT2D eigenvalue weighted by atomic mass is 35.5. The maximum atomic E-state index is 9.84. The van der Waals surface area contributed by atoms with Crippen molar-refractivity contribution in [3.63, 3.8) is 0 Å². The van der Waals surface area contributed by atoms with Gasteiger partial charge in [-0.2, -0.15) is 0 Å². The first kappa shape index (κ1) is 14.6. The van der Waals surface area contributed by atoms with Crippen LogP contribution in [0.3, 0.4) is 0 Å². The highest BCUT2D eigenvalue weighted by molar-refractivity contribution is 6.31. The molecule has 2 N–H and O–H groups in total. The predicted molar refractivity (Wildman–Crippen MR) is 77.9 cm³/mol. The molecule has 1 atom stereocenters. The van der Waals surface area contributed by atoms with Gasteiger partial charge in [0.05, 0.1) is 0 Å². The molecule has 19 heavy (non-hydrogen) atoms. The van der Waals surface area contributed by atoms with Crippen LogP contribution in [0.15, 0.2) is 18.2 Å². The normalized spacial score (nSPS) is 18.1. The molecule has 2 rings (SSSR count). The standard InChI is InChI=1S/C15H22ClNO2/c1-11-7-13(3-4-14(11)16)19-9-12(18)8-17-10-15(2)5-6-15/h3-4,7,12,17-18H,5-6,8-10H2,1-2H3. The van der Waals surface area contributed by atoms with Gasteiger partial charge in [-0.15, -0.1) is 0 Å². The summed E-state index contributed by atoms with van der Waals surface area (Å²) in [6.45, 7) is 6.04. The first-order valence-corrected chi connectivity index (χ1v) is 7.14. The fraction of sp³-hybridized carbons (Fsp3) is 0.600. The minimum Gasteiger partial charge on any atom is -0.491 e. The van der Waals surface area contributed by atoms with E-state index in [1.165, 1.54) is 12.8 Å². The summed E-state index contributed by atoms with van der Waals surface area (Å²) >= 11 is 5.95. The van der Waals surface area contributed by atoms with Crippen LogP contribution in [0.4, 0.5) is 0 Å². The first-order valence-electron chi connectivity index (χ1n) is 6.76. The van der Waals surface area contributed by atoms with Crippen LogP contribution in [0.1, 0.15) is 25.3 Å². The second-order valence-electron chi connectivity index (χ2n) is 5.82. The number of aliphatic hydroxyl groups excluding tert-OH is 1. The van der Waals surface area contributed by atoms with E-state index in [2.05, 4.69) is 12.2 Å². The van der Waals surface area contributed by atoms with Gasteiger partial charge in [-0.25, -0.2) is 0 Å². The molecular weight excluding hydrogens is 262 g/mol. The van der Waals surface area contributed by atoms with Crippen LogP contribution in [0.5, 0.6) is 5.75 Å². The molecule has 0 aromatic heterocycles. The Bertz CT molecular complexity index is 432. The molecule has 1 aliphatic carbocycles. The minimum absolute atomic E-state index is 0.296. The quantitative estimate of drug-likeness (QED) is 0.808. The van der Waals surface area contributed by atoms with Gasteiger partial charge >= 0.3 is 0 Å². The largest absolute Gasteiger partial charge is 0.491 e. The van der Waals surface area contributed by atoms with E-state index in [0.29, 0.717) is 18.6 Å². The molecule has 0 saturated heterocycles. The molecule has 0 radical (unpaired) electrons. The van der Waals surface area contributed by atoms with Gasteiger partial charge in [-0.05, 0) is 48.9 Å². The van der Waals surface area contributed by atoms with E-state index in [1.807, 2.05) is 25.1 Å². The topological polar surface area (TPSA) is 41.5 Å². The Labute approximate surface area is 119 Å². The summed E-state index contributed by atoms with van der Waals surface area (Å²) < 4.78 is 5.55. The van der Waals surface area contributed by atoms with Crippen molar-refractivity contribution in [2.45, 2.75) is 32.8 Å². The number of hydrogen-bond acceptors (Lipinski definition) is 3. The summed E-state index contributed by atoms with van der Waals surface area (Å²) in [7, 11) is 0. The molecule has 0 bridgehead atoms. The maximum absolute atomic E-state index is 9.84. The van der Waals surface area contributed by atoms with Gasteiger partial charge in [0.25, 0.3) is 0 Å². The number of halogens is 1. The lowest BCUT2D eigenvalue weighted by atomic mass is 10.1. The Morgan fingerprint density at radius 2 is 2.21 bits per heavy atom. The molecule has 106 valence electrons. The number of rotatable bonds is 7. The van der Waals surface area contributed by atoms with E-state index >= 15 is 0 Å². The van der Waals surface area contributed by atoms with Gasteiger partial charge in [0.15, 0.2) is 0 Å². The lowest BCUT2D eigenvalue weighted by molar-refractivity contribution is 0.105. The molecule has 3 nitrogen and oxygen atoms in total. The smallest absolute Gasteiger partial charge is 0.119 e. The Morgan fingerprint density at radius 1 is 1.47 bits per heavy atom. The Balaban J connectivity index is 1.67. The molecule has 4 heteroatoms. The van der Waals surface area contributed by atoms with Gasteiger partial charge in [-0.3, -0.25) is 0 Å². The molecule has 0 aliphatic heterocycles. The van der Waals surface area contributed by atoms with E-state index in [4.69, 9.17) is 16.3 Å². The summed E-state index contributed by atoms with van der Waals surface area (Å²) in [6, 6.07) is 5.51. The van der Waals surface area contributed by atoms with E-state index in [-0.39, 0.29) is 0 Å². The molecule has 1 fully saturated rings. The molecule has 0 amide bonds. The van der Waals surface area contributed by atoms with Crippen LogP contribution < -0.4 is 10.1 Å². The van der Waals surface area contributed by atoms with Crippen molar-refractivity contribution >= 4 is 11.6 Å². The first-order chi connectivity index (χ1) is 8.98. The SMILES string of the molecule is Cc1cc(OCC(O)CNCC2(C)CC2)ccc1Cl. The zero-order valence-corrected chi connectivity index (χ0v) is 12.3. The van der Waals surface area contributed by atoms with E-state index in [1.54, 1.807) is 0 Å². The Morgan fingerprint density at radius 3 is 2.84 bits per heavy atom. The van der Waals surface area contributed by atoms with Crippen molar-refractivity contribution in [3.8, 4) is 5.75 Å². The molecule has 1 aromatic rings. The van der Waals surface area contributed by atoms with Crippen molar-refractivity contribution in [2.24, 2.45) is 5.41 Å². The van der Waals surface area contributed by atoms with Gasteiger partial charge in [0.1, 0.15) is 18.5 Å². The summed E-state index contributed by atoms with van der Waals surface area (Å²) in [4.78, 5) is 0. The lowest BCUT2D eigenvalue weighted by Gasteiger charge is -2.15. The Kier molecular flexibility index (Phi) is 4.71. The van der Waals surface area contributed by atoms with Crippen LogP contribution in [0, 0.1) is 12.3 Å². The van der Waals surface area contributed by atoms with Crippen molar-refractivity contribution < 1.29 is 9.84 Å². The van der Waals surface area contributed by atoms with E-state index in [9.17, 15) is 5.11 Å². The third-order valence-corrected chi connectivity index (χ3v) is 4.03. The molecule has 1 aliphatic rings. The second-order valence-corrected chi connectivity index (χ2v) is 6.22. The summed E-state index contributed by atoms with van der Waals surface area (Å²) in [5.41, 5.74) is 1.45. The third kappa shape index (κ3) is 4.68. The van der Waals surface area contributed by atoms with Crippen molar-refractivity contribution in [1.29, 1.82) is 0 Å². The number of nitrogens with one attached hydrogen (secondary N) is 1. The number of aryl methyl sites for hydroxylation is 1. The van der Waals surface area contributed by atoms with Crippen LogP contribution in [0.2, 0.25) is 5.02 Å². The molecule has 0 heterocycles. The minimum atomic E-state index is -0.488. The van der Waals surface area contributed by atoms with Crippen LogP contribution >= 0.6 is 11.6 Å². The maximum Gasteiger partial charge on any atom is 0.119 e. The van der Waals surface area contributed by atoms with Gasteiger partial charge < -0.3 is 15.2 Å². The number of ether oxygens (including phenoxy) is 1. The van der Waals surface area contributed by atoms with Gasteiger partial charge in [0, 0.05) is 18.1 Å². The van der Waals surface area contributed by atoms with E-state index < -0.39 is 6.10 Å².